The zero-order chi connectivity index (χ0) is 20.8. The average Bonchev–Trinajstić information content (AvgIpc) is 2.77. The average molecular weight is 386 g/mol. The van der Waals surface area contributed by atoms with E-state index in [9.17, 15) is 9.90 Å². The van der Waals surface area contributed by atoms with E-state index in [1.807, 2.05) is 31.2 Å². The zero-order valence-electron chi connectivity index (χ0n) is 17.1. The van der Waals surface area contributed by atoms with Crippen LogP contribution in [-0.4, -0.2) is 11.1 Å². The molecule has 3 aromatic rings. The maximum Gasteiger partial charge on any atom is 0.333 e. The molecule has 0 amide bonds. The fourth-order valence-electron chi connectivity index (χ4n) is 3.09. The molecule has 3 heteroatoms. The number of ether oxygens (including phenoxy) is 1. The highest BCUT2D eigenvalue weighted by Gasteiger charge is 2.11. The number of carbonyl (C=O) groups is 1. The van der Waals surface area contributed by atoms with Crippen LogP contribution in [0.5, 0.6) is 0 Å². The van der Waals surface area contributed by atoms with Gasteiger partial charge >= 0.3 is 5.97 Å². The van der Waals surface area contributed by atoms with Crippen molar-refractivity contribution in [1.82, 2.24) is 0 Å². The molecule has 3 nitrogen and oxygen atoms in total. The lowest BCUT2D eigenvalue weighted by atomic mass is 9.94. The van der Waals surface area contributed by atoms with Crippen molar-refractivity contribution in [2.75, 3.05) is 0 Å². The summed E-state index contributed by atoms with van der Waals surface area (Å²) in [5.41, 5.74) is 7.85. The molecule has 0 spiro atoms. The number of allylic oxidation sites excluding steroid dienone is 1. The highest BCUT2D eigenvalue weighted by molar-refractivity contribution is 5.87. The third kappa shape index (κ3) is 5.01. The summed E-state index contributed by atoms with van der Waals surface area (Å²) >= 11 is 0. The van der Waals surface area contributed by atoms with Crippen molar-refractivity contribution >= 4 is 5.97 Å². The van der Waals surface area contributed by atoms with E-state index in [2.05, 4.69) is 49.4 Å². The second-order valence-electron chi connectivity index (χ2n) is 7.14. The fraction of sp³-hybridized carbons (Fsp3) is 0.192. The van der Waals surface area contributed by atoms with Gasteiger partial charge in [-0.05, 0) is 60.2 Å². The molecule has 1 N–H and O–H groups in total. The summed E-state index contributed by atoms with van der Waals surface area (Å²) in [6.07, 6.45) is 1.75. The van der Waals surface area contributed by atoms with E-state index in [4.69, 9.17) is 4.74 Å². The Morgan fingerprint density at radius 3 is 2.17 bits per heavy atom. The van der Waals surface area contributed by atoms with E-state index >= 15 is 0 Å². The van der Waals surface area contributed by atoms with Gasteiger partial charge in [-0.3, -0.25) is 0 Å². The van der Waals surface area contributed by atoms with Crippen LogP contribution in [0.2, 0.25) is 0 Å². The van der Waals surface area contributed by atoms with E-state index < -0.39 is 0 Å². The molecule has 0 saturated carbocycles. The molecule has 29 heavy (non-hydrogen) atoms. The molecule has 0 saturated heterocycles. The van der Waals surface area contributed by atoms with Gasteiger partial charge in [0.05, 0.1) is 6.61 Å². The van der Waals surface area contributed by atoms with Gasteiger partial charge in [0.2, 0.25) is 0 Å². The van der Waals surface area contributed by atoms with Gasteiger partial charge in [-0.2, -0.15) is 0 Å². The number of aliphatic hydroxyl groups excluding tert-OH is 1. The molecular weight excluding hydrogens is 360 g/mol. The van der Waals surface area contributed by atoms with E-state index in [-0.39, 0.29) is 19.2 Å². The van der Waals surface area contributed by atoms with Gasteiger partial charge in [0.1, 0.15) is 6.61 Å². The first kappa shape index (κ1) is 20.6. The summed E-state index contributed by atoms with van der Waals surface area (Å²) in [4.78, 5) is 12.2. The molecule has 3 rings (SSSR count). The number of rotatable bonds is 6. The maximum absolute atomic E-state index is 12.2. The topological polar surface area (TPSA) is 46.5 Å². The molecule has 0 fully saturated rings. The molecule has 0 bridgehead atoms. The van der Waals surface area contributed by atoms with Crippen LogP contribution >= 0.6 is 0 Å². The van der Waals surface area contributed by atoms with E-state index in [0.717, 1.165) is 33.4 Å². The zero-order valence-corrected chi connectivity index (χ0v) is 17.1. The van der Waals surface area contributed by atoms with Crippen LogP contribution in [0.4, 0.5) is 0 Å². The number of aryl methyl sites for hydroxylation is 1. The van der Waals surface area contributed by atoms with Crippen molar-refractivity contribution in [3.8, 4) is 22.3 Å². The predicted octanol–water partition coefficient (Wildman–Crippen LogP) is 5.83. The first-order chi connectivity index (χ1) is 14.0. The lowest BCUT2D eigenvalue weighted by Gasteiger charge is -2.14. The van der Waals surface area contributed by atoms with Gasteiger partial charge in [0.25, 0.3) is 0 Å². The third-order valence-corrected chi connectivity index (χ3v) is 5.05. The van der Waals surface area contributed by atoms with Gasteiger partial charge in [-0.1, -0.05) is 72.3 Å². The molecule has 0 aliphatic heterocycles. The van der Waals surface area contributed by atoms with Crippen molar-refractivity contribution in [2.45, 2.75) is 34.0 Å². The van der Waals surface area contributed by atoms with Gasteiger partial charge in [0.15, 0.2) is 0 Å². The largest absolute Gasteiger partial charge is 0.457 e. The lowest BCUT2D eigenvalue weighted by molar-refractivity contribution is -0.140. The second-order valence-corrected chi connectivity index (χ2v) is 7.14. The molecule has 0 atom stereocenters. The normalized spacial score (nSPS) is 11.4. The molecule has 0 aromatic heterocycles. The Balaban J connectivity index is 1.98. The Hall–Kier alpha value is -3.17. The minimum Gasteiger partial charge on any atom is -0.457 e. The predicted molar refractivity (Wildman–Crippen MR) is 117 cm³/mol. The van der Waals surface area contributed by atoms with Gasteiger partial charge < -0.3 is 9.84 Å². The summed E-state index contributed by atoms with van der Waals surface area (Å²) in [6, 6.07) is 22.4. The van der Waals surface area contributed by atoms with Crippen molar-refractivity contribution in [2.24, 2.45) is 0 Å². The first-order valence-corrected chi connectivity index (χ1v) is 9.72. The number of aliphatic hydroxyl groups is 1. The molecule has 0 aliphatic carbocycles. The second kappa shape index (κ2) is 9.35. The van der Waals surface area contributed by atoms with Crippen molar-refractivity contribution in [1.29, 1.82) is 0 Å². The SMILES string of the molecule is C/C=C(\C)C(=O)OCc1cc(-c2ccc(CO)cc2)ccc1-c1ccc(C)cc1. The third-order valence-electron chi connectivity index (χ3n) is 5.05. The first-order valence-electron chi connectivity index (χ1n) is 9.72. The summed E-state index contributed by atoms with van der Waals surface area (Å²) < 4.78 is 5.55. The highest BCUT2D eigenvalue weighted by atomic mass is 16.5. The van der Waals surface area contributed by atoms with Crippen LogP contribution in [0.25, 0.3) is 22.3 Å². The van der Waals surface area contributed by atoms with Crippen molar-refractivity contribution in [3.63, 3.8) is 0 Å². The highest BCUT2D eigenvalue weighted by Crippen LogP contribution is 2.30. The van der Waals surface area contributed by atoms with Crippen LogP contribution in [0.1, 0.15) is 30.5 Å². The minimum absolute atomic E-state index is 0.0259. The summed E-state index contributed by atoms with van der Waals surface area (Å²) in [5.74, 6) is -0.306. The fourth-order valence-corrected chi connectivity index (χ4v) is 3.09. The number of hydrogen-bond donors (Lipinski definition) is 1. The quantitative estimate of drug-likeness (QED) is 0.428. The molecule has 3 aromatic carbocycles. The standard InChI is InChI=1S/C26H26O3/c1-4-19(3)26(28)29-17-24-15-23(21-11-7-20(16-27)8-12-21)13-14-25(24)22-9-5-18(2)6-10-22/h4-15,27H,16-17H2,1-3H3/b19-4+. The molecule has 0 heterocycles. The lowest BCUT2D eigenvalue weighted by Crippen LogP contribution is -2.06. The van der Waals surface area contributed by atoms with Crippen LogP contribution in [0.15, 0.2) is 78.4 Å². The van der Waals surface area contributed by atoms with Crippen LogP contribution in [0.3, 0.4) is 0 Å². The minimum atomic E-state index is -0.306. The smallest absolute Gasteiger partial charge is 0.333 e. The number of hydrogen-bond acceptors (Lipinski definition) is 3. The van der Waals surface area contributed by atoms with Gasteiger partial charge in [0, 0.05) is 5.57 Å². The molecule has 0 unspecified atom stereocenters. The molecule has 148 valence electrons. The Bertz CT molecular complexity index is 1010. The molecule has 0 radical (unpaired) electrons. The van der Waals surface area contributed by atoms with Crippen LogP contribution < -0.4 is 0 Å². The van der Waals surface area contributed by atoms with Crippen molar-refractivity contribution in [3.05, 3.63) is 95.1 Å². The van der Waals surface area contributed by atoms with Gasteiger partial charge in [-0.25, -0.2) is 4.79 Å². The van der Waals surface area contributed by atoms with Crippen LogP contribution in [0, 0.1) is 6.92 Å². The number of carbonyl (C=O) groups excluding carboxylic acids is 1. The van der Waals surface area contributed by atoms with E-state index in [0.29, 0.717) is 5.57 Å². The number of esters is 1. The number of benzene rings is 3. The Morgan fingerprint density at radius 2 is 1.55 bits per heavy atom. The van der Waals surface area contributed by atoms with Crippen molar-refractivity contribution < 1.29 is 14.6 Å². The Kier molecular flexibility index (Phi) is 6.63. The van der Waals surface area contributed by atoms with E-state index in [1.54, 1.807) is 13.0 Å². The summed E-state index contributed by atoms with van der Waals surface area (Å²) in [7, 11) is 0. The monoisotopic (exact) mass is 386 g/mol. The summed E-state index contributed by atoms with van der Waals surface area (Å²) in [6.45, 7) is 5.87. The van der Waals surface area contributed by atoms with Crippen LogP contribution in [-0.2, 0) is 22.7 Å². The molecular formula is C26H26O3. The van der Waals surface area contributed by atoms with E-state index in [1.165, 1.54) is 5.56 Å². The Labute approximate surface area is 172 Å². The Morgan fingerprint density at radius 1 is 0.931 bits per heavy atom. The molecule has 0 aliphatic rings. The summed E-state index contributed by atoms with van der Waals surface area (Å²) in [5, 5.41) is 9.26. The van der Waals surface area contributed by atoms with Gasteiger partial charge in [-0.15, -0.1) is 0 Å². The maximum atomic E-state index is 12.2.